The molecule has 1 saturated carbocycles. The molecule has 0 bridgehead atoms. The highest BCUT2D eigenvalue weighted by atomic mass is 16.5. The molecule has 4 heteroatoms. The van der Waals surface area contributed by atoms with E-state index in [9.17, 15) is 4.79 Å². The molecule has 104 valence electrons. The average molecular weight is 262 g/mol. The topological polar surface area (TPSA) is 65.2 Å². The summed E-state index contributed by atoms with van der Waals surface area (Å²) in [5, 5.41) is 0. The van der Waals surface area contributed by atoms with Crippen molar-refractivity contribution in [2.45, 2.75) is 45.1 Å². The summed E-state index contributed by atoms with van der Waals surface area (Å²) in [6, 6.07) is 1.66. The fourth-order valence-corrected chi connectivity index (χ4v) is 2.69. The van der Waals surface area contributed by atoms with Gasteiger partial charge in [0.1, 0.15) is 5.60 Å². The summed E-state index contributed by atoms with van der Waals surface area (Å²) >= 11 is 0. The highest BCUT2D eigenvalue weighted by Gasteiger charge is 2.44. The van der Waals surface area contributed by atoms with Crippen molar-refractivity contribution in [3.8, 4) is 0 Å². The van der Waals surface area contributed by atoms with Crippen molar-refractivity contribution in [1.29, 1.82) is 0 Å². The Morgan fingerprint density at radius 3 is 2.47 bits per heavy atom. The van der Waals surface area contributed by atoms with Crippen LogP contribution in [-0.2, 0) is 4.74 Å². The molecular formula is C15H22N2O2. The summed E-state index contributed by atoms with van der Waals surface area (Å²) in [6.07, 6.45) is 6.57. The standard InChI is InChI=1S/C15H22N2O2/c1-14(2)5-7-15(19-3,8-6-14)13(18)11-10-17-9-4-12(11)16/h4,9-10H,5-8H2,1-3H3,(H2,16,17). The van der Waals surface area contributed by atoms with Crippen molar-refractivity contribution >= 4 is 11.5 Å². The van der Waals surface area contributed by atoms with Gasteiger partial charge in [0.25, 0.3) is 0 Å². The highest BCUT2D eigenvalue weighted by molar-refractivity contribution is 6.06. The molecule has 2 N–H and O–H groups in total. The predicted octanol–water partition coefficient (Wildman–Crippen LogP) is 2.83. The molecule has 1 aromatic rings. The van der Waals surface area contributed by atoms with E-state index in [-0.39, 0.29) is 11.2 Å². The third kappa shape index (κ3) is 2.63. The van der Waals surface area contributed by atoms with Gasteiger partial charge in [-0.15, -0.1) is 0 Å². The van der Waals surface area contributed by atoms with E-state index in [1.165, 1.54) is 6.20 Å². The van der Waals surface area contributed by atoms with Crippen LogP contribution < -0.4 is 5.73 Å². The number of nitrogens with two attached hydrogens (primary N) is 1. The molecule has 1 aliphatic rings. The third-order valence-corrected chi connectivity index (χ3v) is 4.32. The second-order valence-electron chi connectivity index (χ2n) is 6.15. The highest BCUT2D eigenvalue weighted by Crippen LogP contribution is 2.43. The zero-order chi connectivity index (χ0) is 14.1. The molecule has 0 radical (unpaired) electrons. The number of methoxy groups -OCH3 is 1. The molecule has 0 unspecified atom stereocenters. The minimum Gasteiger partial charge on any atom is -0.398 e. The number of Topliss-reactive ketones (excluding diaryl/α,β-unsaturated/α-hetero) is 1. The third-order valence-electron chi connectivity index (χ3n) is 4.32. The molecule has 0 saturated heterocycles. The number of ether oxygens (including phenoxy) is 1. The quantitative estimate of drug-likeness (QED) is 0.851. The SMILES string of the molecule is COC1(C(=O)c2cnccc2N)CCC(C)(C)CC1. The van der Waals surface area contributed by atoms with Gasteiger partial charge in [-0.25, -0.2) is 0 Å². The van der Waals surface area contributed by atoms with Gasteiger partial charge in [0, 0.05) is 25.2 Å². The van der Waals surface area contributed by atoms with Gasteiger partial charge in [0.2, 0.25) is 0 Å². The Labute approximate surface area is 114 Å². The number of carbonyl (C=O) groups is 1. The maximum atomic E-state index is 12.7. The van der Waals surface area contributed by atoms with Crippen LogP contribution in [0.3, 0.4) is 0 Å². The minimum atomic E-state index is -0.729. The van der Waals surface area contributed by atoms with Crippen molar-refractivity contribution < 1.29 is 9.53 Å². The number of nitrogens with zero attached hydrogens (tertiary/aromatic N) is 1. The normalized spacial score (nSPS) is 21.0. The number of carbonyl (C=O) groups excluding carboxylic acids is 1. The van der Waals surface area contributed by atoms with Crippen LogP contribution in [0.15, 0.2) is 18.5 Å². The van der Waals surface area contributed by atoms with Crippen LogP contribution in [0.25, 0.3) is 0 Å². The average Bonchev–Trinajstić information content (AvgIpc) is 2.39. The number of hydrogen-bond acceptors (Lipinski definition) is 4. The largest absolute Gasteiger partial charge is 0.398 e. The summed E-state index contributed by atoms with van der Waals surface area (Å²) in [7, 11) is 1.61. The Balaban J connectivity index is 2.28. The van der Waals surface area contributed by atoms with E-state index < -0.39 is 5.60 Å². The molecule has 0 amide bonds. The van der Waals surface area contributed by atoms with E-state index >= 15 is 0 Å². The molecule has 1 heterocycles. The maximum absolute atomic E-state index is 12.7. The van der Waals surface area contributed by atoms with Crippen LogP contribution in [0.2, 0.25) is 0 Å². The van der Waals surface area contributed by atoms with Crippen molar-refractivity contribution in [2.75, 3.05) is 12.8 Å². The van der Waals surface area contributed by atoms with Crippen LogP contribution >= 0.6 is 0 Å². The van der Waals surface area contributed by atoms with Crippen LogP contribution in [0.1, 0.15) is 49.9 Å². The van der Waals surface area contributed by atoms with Gasteiger partial charge in [-0.05, 0) is 37.2 Å². The van der Waals surface area contributed by atoms with E-state index in [4.69, 9.17) is 10.5 Å². The molecule has 0 atom stereocenters. The molecule has 1 aromatic heterocycles. The summed E-state index contributed by atoms with van der Waals surface area (Å²) < 4.78 is 5.61. The van der Waals surface area contributed by atoms with Gasteiger partial charge in [-0.2, -0.15) is 0 Å². The fourth-order valence-electron chi connectivity index (χ4n) is 2.69. The Bertz CT molecular complexity index is 473. The van der Waals surface area contributed by atoms with Crippen molar-refractivity contribution in [3.63, 3.8) is 0 Å². The number of rotatable bonds is 3. The van der Waals surface area contributed by atoms with Gasteiger partial charge in [0.15, 0.2) is 5.78 Å². The number of aromatic nitrogens is 1. The molecule has 1 aliphatic carbocycles. The van der Waals surface area contributed by atoms with E-state index in [0.29, 0.717) is 11.3 Å². The minimum absolute atomic E-state index is 0.0314. The second kappa shape index (κ2) is 4.93. The van der Waals surface area contributed by atoms with E-state index in [1.807, 2.05) is 0 Å². The maximum Gasteiger partial charge on any atom is 0.198 e. The van der Waals surface area contributed by atoms with E-state index in [0.717, 1.165) is 25.7 Å². The summed E-state index contributed by atoms with van der Waals surface area (Å²) in [5.74, 6) is -0.0314. The zero-order valence-electron chi connectivity index (χ0n) is 11.9. The molecule has 4 nitrogen and oxygen atoms in total. The van der Waals surface area contributed by atoms with E-state index in [1.54, 1.807) is 19.4 Å². The molecule has 19 heavy (non-hydrogen) atoms. The molecule has 0 spiro atoms. The first-order valence-corrected chi connectivity index (χ1v) is 6.70. The van der Waals surface area contributed by atoms with Gasteiger partial charge in [-0.3, -0.25) is 9.78 Å². The smallest absolute Gasteiger partial charge is 0.198 e. The van der Waals surface area contributed by atoms with Crippen molar-refractivity contribution in [3.05, 3.63) is 24.0 Å². The van der Waals surface area contributed by atoms with Gasteiger partial charge < -0.3 is 10.5 Å². The summed E-state index contributed by atoms with van der Waals surface area (Å²) in [4.78, 5) is 16.7. The Kier molecular flexibility index (Phi) is 3.63. The molecule has 2 rings (SSSR count). The van der Waals surface area contributed by atoms with Gasteiger partial charge in [-0.1, -0.05) is 13.8 Å². The van der Waals surface area contributed by atoms with Crippen LogP contribution in [-0.4, -0.2) is 23.5 Å². The van der Waals surface area contributed by atoms with Crippen LogP contribution in [0.4, 0.5) is 5.69 Å². The lowest BCUT2D eigenvalue weighted by Gasteiger charge is -2.41. The van der Waals surface area contributed by atoms with Crippen LogP contribution in [0.5, 0.6) is 0 Å². The fraction of sp³-hybridized carbons (Fsp3) is 0.600. The zero-order valence-corrected chi connectivity index (χ0v) is 11.9. The monoisotopic (exact) mass is 262 g/mol. The number of hydrogen-bond donors (Lipinski definition) is 1. The number of ketones is 1. The molecule has 0 aromatic carbocycles. The van der Waals surface area contributed by atoms with Gasteiger partial charge >= 0.3 is 0 Å². The summed E-state index contributed by atoms with van der Waals surface area (Å²) in [6.45, 7) is 4.46. The van der Waals surface area contributed by atoms with E-state index in [2.05, 4.69) is 18.8 Å². The predicted molar refractivity (Wildman–Crippen MR) is 75.0 cm³/mol. The molecule has 1 fully saturated rings. The lowest BCUT2D eigenvalue weighted by molar-refractivity contribution is -0.0382. The number of pyridine rings is 1. The Hall–Kier alpha value is -1.42. The van der Waals surface area contributed by atoms with Crippen LogP contribution in [0, 0.1) is 5.41 Å². The number of nitrogen functional groups attached to an aromatic ring is 1. The van der Waals surface area contributed by atoms with Crippen molar-refractivity contribution in [1.82, 2.24) is 4.98 Å². The molecular weight excluding hydrogens is 240 g/mol. The van der Waals surface area contributed by atoms with Gasteiger partial charge in [0.05, 0.1) is 5.56 Å². The van der Waals surface area contributed by atoms with Crippen molar-refractivity contribution in [2.24, 2.45) is 5.41 Å². The molecule has 0 aliphatic heterocycles. The Morgan fingerprint density at radius 1 is 1.32 bits per heavy atom. The first kappa shape index (κ1) is 14.0. The Morgan fingerprint density at radius 2 is 1.95 bits per heavy atom. The number of anilines is 1. The second-order valence-corrected chi connectivity index (χ2v) is 6.15. The lowest BCUT2D eigenvalue weighted by atomic mass is 9.68. The summed E-state index contributed by atoms with van der Waals surface area (Å²) in [5.41, 5.74) is 6.38. The first-order valence-electron chi connectivity index (χ1n) is 6.70. The lowest BCUT2D eigenvalue weighted by Crippen LogP contribution is -2.46. The first-order chi connectivity index (χ1) is 8.90.